The van der Waals surface area contributed by atoms with E-state index in [9.17, 15) is 4.79 Å². The van der Waals surface area contributed by atoms with Crippen LogP contribution in [0.1, 0.15) is 12.5 Å². The van der Waals surface area contributed by atoms with Crippen LogP contribution in [-0.4, -0.2) is 26.3 Å². The lowest BCUT2D eigenvalue weighted by Gasteiger charge is -2.04. The van der Waals surface area contributed by atoms with E-state index in [0.29, 0.717) is 5.82 Å². The Labute approximate surface area is 108 Å². The quantitative estimate of drug-likeness (QED) is 0.823. The van der Waals surface area contributed by atoms with Crippen LogP contribution >= 0.6 is 11.8 Å². The maximum atomic E-state index is 11.7. The van der Waals surface area contributed by atoms with Crippen LogP contribution in [0.2, 0.25) is 0 Å². The van der Waals surface area contributed by atoms with Gasteiger partial charge >= 0.3 is 0 Å². The number of rotatable bonds is 1. The summed E-state index contributed by atoms with van der Waals surface area (Å²) in [6.07, 6.45) is 1.74. The molecule has 0 radical (unpaired) electrons. The van der Waals surface area contributed by atoms with Crippen molar-refractivity contribution < 1.29 is 4.79 Å². The molecule has 18 heavy (non-hydrogen) atoms. The lowest BCUT2D eigenvalue weighted by Crippen LogP contribution is -2.20. The van der Waals surface area contributed by atoms with E-state index < -0.39 is 0 Å². The number of hydrogen-bond donors (Lipinski definition) is 2. The minimum Gasteiger partial charge on any atom is -0.308 e. The van der Waals surface area contributed by atoms with Gasteiger partial charge in [0.1, 0.15) is 0 Å². The topological polar surface area (TPSA) is 70.7 Å². The summed E-state index contributed by atoms with van der Waals surface area (Å²) in [5.74, 6) is 1.37. The number of nitrogens with one attached hydrogen (secondary N) is 2. The normalized spacial score (nSPS) is 18.9. The largest absolute Gasteiger partial charge is 0.308 e. The van der Waals surface area contributed by atoms with Gasteiger partial charge in [-0.2, -0.15) is 5.10 Å². The molecule has 1 amide bonds. The molecule has 0 aromatic carbocycles. The summed E-state index contributed by atoms with van der Waals surface area (Å²) in [6, 6.07) is 5.73. The Hall–Kier alpha value is -1.82. The van der Waals surface area contributed by atoms with Crippen molar-refractivity contribution in [3.05, 3.63) is 30.0 Å². The Bertz CT molecular complexity index is 581. The molecule has 1 aliphatic rings. The molecule has 2 N–H and O–H groups in total. The van der Waals surface area contributed by atoms with Crippen LogP contribution in [0.3, 0.4) is 0 Å². The predicted molar refractivity (Wildman–Crippen MR) is 71.2 cm³/mol. The number of hydrogen-bond acceptors (Lipinski definition) is 4. The second-order valence-electron chi connectivity index (χ2n) is 4.08. The standard InChI is InChI=1S/C12H12N4OS/c1-7-12(17)14-11-8(6-18-7)10(15-16-11)9-4-2-3-5-13-9/h2-5,7H,6H2,1H3,(H2,14,15,16,17). The van der Waals surface area contributed by atoms with Crippen LogP contribution in [0.5, 0.6) is 0 Å². The Balaban J connectivity index is 2.04. The van der Waals surface area contributed by atoms with E-state index in [1.165, 1.54) is 0 Å². The smallest absolute Gasteiger partial charge is 0.238 e. The summed E-state index contributed by atoms with van der Waals surface area (Å²) in [5.41, 5.74) is 2.74. The maximum absolute atomic E-state index is 11.7. The Morgan fingerprint density at radius 2 is 2.33 bits per heavy atom. The summed E-state index contributed by atoms with van der Waals surface area (Å²) >= 11 is 1.60. The second-order valence-corrected chi connectivity index (χ2v) is 5.41. The zero-order chi connectivity index (χ0) is 12.5. The van der Waals surface area contributed by atoms with Crippen LogP contribution < -0.4 is 5.32 Å². The molecule has 0 spiro atoms. The van der Waals surface area contributed by atoms with E-state index in [2.05, 4.69) is 20.5 Å². The molecule has 5 nitrogen and oxygen atoms in total. The molecule has 92 valence electrons. The van der Waals surface area contributed by atoms with Gasteiger partial charge in [0, 0.05) is 17.5 Å². The fourth-order valence-corrected chi connectivity index (χ4v) is 2.74. The van der Waals surface area contributed by atoms with Crippen LogP contribution in [0.4, 0.5) is 5.82 Å². The lowest BCUT2D eigenvalue weighted by molar-refractivity contribution is -0.115. The number of amides is 1. The number of pyridine rings is 1. The minimum atomic E-state index is -0.0595. The number of carbonyl (C=O) groups is 1. The van der Waals surface area contributed by atoms with Crippen LogP contribution in [0.15, 0.2) is 24.4 Å². The van der Waals surface area contributed by atoms with Gasteiger partial charge in [-0.3, -0.25) is 14.9 Å². The first-order chi connectivity index (χ1) is 8.75. The molecule has 0 saturated heterocycles. The molecule has 3 rings (SSSR count). The summed E-state index contributed by atoms with van der Waals surface area (Å²) in [7, 11) is 0. The SMILES string of the molecule is CC1SCc2c(n[nH]c2-c2ccccn2)NC1=O. The molecule has 3 heterocycles. The minimum absolute atomic E-state index is 0.00202. The van der Waals surface area contributed by atoms with Crippen molar-refractivity contribution in [1.82, 2.24) is 15.2 Å². The van der Waals surface area contributed by atoms with E-state index >= 15 is 0 Å². The van der Waals surface area contributed by atoms with Crippen LogP contribution in [-0.2, 0) is 10.5 Å². The number of nitrogens with zero attached hydrogens (tertiary/aromatic N) is 2. The molecular formula is C12H12N4OS. The number of thioether (sulfide) groups is 1. The molecule has 2 aromatic heterocycles. The molecule has 1 unspecified atom stereocenters. The van der Waals surface area contributed by atoms with Gasteiger partial charge in [0.25, 0.3) is 0 Å². The van der Waals surface area contributed by atoms with Crippen molar-refractivity contribution >= 4 is 23.5 Å². The monoisotopic (exact) mass is 260 g/mol. The molecule has 2 aromatic rings. The van der Waals surface area contributed by atoms with Crippen molar-refractivity contribution in [2.75, 3.05) is 5.32 Å². The van der Waals surface area contributed by atoms with Crippen molar-refractivity contribution in [2.45, 2.75) is 17.9 Å². The molecule has 1 aliphatic heterocycles. The van der Waals surface area contributed by atoms with Gasteiger partial charge in [-0.1, -0.05) is 6.07 Å². The third-order valence-corrected chi connectivity index (χ3v) is 4.05. The van der Waals surface area contributed by atoms with Gasteiger partial charge < -0.3 is 5.32 Å². The number of aromatic nitrogens is 3. The number of anilines is 1. The molecule has 0 aliphatic carbocycles. The van der Waals surface area contributed by atoms with E-state index in [0.717, 1.165) is 22.7 Å². The zero-order valence-electron chi connectivity index (χ0n) is 9.80. The van der Waals surface area contributed by atoms with Gasteiger partial charge in [-0.25, -0.2) is 0 Å². The fraction of sp³-hybridized carbons (Fsp3) is 0.250. The second kappa shape index (κ2) is 4.45. The Kier molecular flexibility index (Phi) is 2.79. The van der Waals surface area contributed by atoms with Gasteiger partial charge in [0.15, 0.2) is 5.82 Å². The number of H-pyrrole nitrogens is 1. The van der Waals surface area contributed by atoms with Gasteiger partial charge in [-0.05, 0) is 19.1 Å². The zero-order valence-corrected chi connectivity index (χ0v) is 10.6. The molecule has 0 fully saturated rings. The summed E-state index contributed by atoms with van der Waals surface area (Å²) in [6.45, 7) is 1.90. The molecule has 0 bridgehead atoms. The highest BCUT2D eigenvalue weighted by atomic mass is 32.2. The van der Waals surface area contributed by atoms with E-state index in [1.807, 2.05) is 25.1 Å². The molecule has 1 atom stereocenters. The highest BCUT2D eigenvalue weighted by Crippen LogP contribution is 2.33. The summed E-state index contributed by atoms with van der Waals surface area (Å²) in [4.78, 5) is 16.0. The number of fused-ring (bicyclic) bond motifs is 1. The summed E-state index contributed by atoms with van der Waals surface area (Å²) in [5, 5.41) is 9.90. The van der Waals surface area contributed by atoms with Crippen molar-refractivity contribution in [2.24, 2.45) is 0 Å². The number of carbonyl (C=O) groups excluding carboxylic acids is 1. The first-order valence-electron chi connectivity index (χ1n) is 5.67. The fourth-order valence-electron chi connectivity index (χ4n) is 1.83. The third kappa shape index (κ3) is 1.88. The average Bonchev–Trinajstić information content (AvgIpc) is 2.73. The van der Waals surface area contributed by atoms with Gasteiger partial charge in [-0.15, -0.1) is 11.8 Å². The van der Waals surface area contributed by atoms with E-state index in [1.54, 1.807) is 18.0 Å². The highest BCUT2D eigenvalue weighted by Gasteiger charge is 2.25. The Morgan fingerprint density at radius 3 is 3.11 bits per heavy atom. The maximum Gasteiger partial charge on any atom is 0.238 e. The van der Waals surface area contributed by atoms with Gasteiger partial charge in [0.05, 0.1) is 16.6 Å². The van der Waals surface area contributed by atoms with Crippen LogP contribution in [0.25, 0.3) is 11.4 Å². The molecular weight excluding hydrogens is 248 g/mol. The first kappa shape index (κ1) is 11.3. The van der Waals surface area contributed by atoms with Crippen LogP contribution in [0, 0.1) is 0 Å². The average molecular weight is 260 g/mol. The van der Waals surface area contributed by atoms with Gasteiger partial charge in [0.2, 0.25) is 5.91 Å². The molecule has 6 heteroatoms. The predicted octanol–water partition coefficient (Wildman–Crippen LogP) is 2.05. The van der Waals surface area contributed by atoms with Crippen molar-refractivity contribution in [3.63, 3.8) is 0 Å². The van der Waals surface area contributed by atoms with Crippen molar-refractivity contribution in [3.8, 4) is 11.4 Å². The summed E-state index contributed by atoms with van der Waals surface area (Å²) < 4.78 is 0. The Morgan fingerprint density at radius 1 is 1.44 bits per heavy atom. The van der Waals surface area contributed by atoms with E-state index in [4.69, 9.17) is 0 Å². The number of aromatic amines is 1. The first-order valence-corrected chi connectivity index (χ1v) is 6.71. The van der Waals surface area contributed by atoms with Crippen molar-refractivity contribution in [1.29, 1.82) is 0 Å². The highest BCUT2D eigenvalue weighted by molar-refractivity contribution is 7.99. The lowest BCUT2D eigenvalue weighted by atomic mass is 10.2. The third-order valence-electron chi connectivity index (χ3n) is 2.88. The van der Waals surface area contributed by atoms with E-state index in [-0.39, 0.29) is 11.2 Å². The molecule has 0 saturated carbocycles.